The average Bonchev–Trinajstić information content (AvgIpc) is 2.51. The summed E-state index contributed by atoms with van der Waals surface area (Å²) in [6.45, 7) is 7.09. The summed E-state index contributed by atoms with van der Waals surface area (Å²) in [5.74, 6) is 0. The minimum Gasteiger partial charge on any atom is -1.00 e. The summed E-state index contributed by atoms with van der Waals surface area (Å²) in [5.41, 5.74) is 1.33. The Hall–Kier alpha value is -0.354. The van der Waals surface area contributed by atoms with Crippen molar-refractivity contribution in [3.8, 4) is 0 Å². The van der Waals surface area contributed by atoms with E-state index >= 15 is 0 Å². The smallest absolute Gasteiger partial charge is 1.00 e. The third-order valence-corrected chi connectivity index (χ3v) is 2.40. The van der Waals surface area contributed by atoms with Crippen LogP contribution in [0.15, 0.2) is 86.0 Å². The van der Waals surface area contributed by atoms with Crippen LogP contribution in [0.5, 0.6) is 0 Å². The molecule has 0 saturated heterocycles. The summed E-state index contributed by atoms with van der Waals surface area (Å²) in [5, 5.41) is 0.896. The van der Waals surface area contributed by atoms with Gasteiger partial charge in [0, 0.05) is 5.33 Å². The normalized spacial score (nSPS) is 7.29. The minimum absolute atomic E-state index is 0. The summed E-state index contributed by atoms with van der Waals surface area (Å²) in [4.78, 5) is 0. The van der Waals surface area contributed by atoms with E-state index in [0.29, 0.717) is 0 Å². The van der Waals surface area contributed by atoms with Crippen LogP contribution < -0.4 is 17.0 Å². The standard InChI is InChI=1S/C9H10.C6H5.C3H5Br.BrH.Mg/c1-2-6-9-7-4-3-5-8-9;1-2-4-6-5-3-1;1-2-3-4;;/h2-5,7-8H,1,6H2;1-5H;2H,1,3H2;1H;/q;-1;;;+2/p-1. The summed E-state index contributed by atoms with van der Waals surface area (Å²) < 4.78 is 0. The molecule has 21 heavy (non-hydrogen) atoms. The zero-order valence-electron chi connectivity index (χ0n) is 12.2. The van der Waals surface area contributed by atoms with Crippen molar-refractivity contribution < 1.29 is 17.0 Å². The molecule has 2 aromatic carbocycles. The second kappa shape index (κ2) is 21.9. The number of halogens is 2. The van der Waals surface area contributed by atoms with Gasteiger partial charge < -0.3 is 17.0 Å². The first kappa shape index (κ1) is 25.6. The number of benzene rings is 2. The number of hydrogen-bond acceptors (Lipinski definition) is 0. The Kier molecular flexibility index (Phi) is 26.7. The predicted octanol–water partition coefficient (Wildman–Crippen LogP) is 2.09. The SMILES string of the molecule is C=CCBr.C=CCc1ccccc1.[Br-].[Mg+2].[c-]1ccccc1. The molecule has 0 aliphatic rings. The van der Waals surface area contributed by atoms with Gasteiger partial charge in [-0.3, -0.25) is 0 Å². The molecule has 0 aromatic heterocycles. The molecule has 0 radical (unpaired) electrons. The van der Waals surface area contributed by atoms with Gasteiger partial charge in [0.2, 0.25) is 0 Å². The van der Waals surface area contributed by atoms with E-state index in [-0.39, 0.29) is 40.0 Å². The van der Waals surface area contributed by atoms with Gasteiger partial charge in [-0.2, -0.15) is 36.4 Å². The number of allylic oxidation sites excluding steroid dienone is 2. The van der Waals surface area contributed by atoms with E-state index in [9.17, 15) is 0 Å². The van der Waals surface area contributed by atoms with Crippen LogP contribution in [-0.2, 0) is 6.42 Å². The van der Waals surface area contributed by atoms with Gasteiger partial charge in [-0.15, -0.1) is 13.2 Å². The van der Waals surface area contributed by atoms with Crippen molar-refractivity contribution in [2.45, 2.75) is 6.42 Å². The Labute approximate surface area is 164 Å². The number of hydrogen-bond donors (Lipinski definition) is 0. The third-order valence-electron chi connectivity index (χ3n) is 1.94. The molecule has 3 heteroatoms. The fourth-order valence-electron chi connectivity index (χ4n) is 1.12. The van der Waals surface area contributed by atoms with Crippen LogP contribution in [0.25, 0.3) is 0 Å². The third kappa shape index (κ3) is 19.6. The van der Waals surface area contributed by atoms with E-state index in [1.165, 1.54) is 5.56 Å². The van der Waals surface area contributed by atoms with Gasteiger partial charge >= 0.3 is 23.1 Å². The van der Waals surface area contributed by atoms with Crippen LogP contribution in [0.4, 0.5) is 0 Å². The van der Waals surface area contributed by atoms with E-state index in [1.54, 1.807) is 6.08 Å². The Morgan fingerprint density at radius 3 is 1.67 bits per heavy atom. The molecule has 0 atom stereocenters. The van der Waals surface area contributed by atoms with E-state index < -0.39 is 0 Å². The molecule has 0 bridgehead atoms. The summed E-state index contributed by atoms with van der Waals surface area (Å²) in [7, 11) is 0. The Morgan fingerprint density at radius 1 is 0.905 bits per heavy atom. The largest absolute Gasteiger partial charge is 2.00 e. The molecular formula is C18H20Br2Mg. The molecule has 0 N–H and O–H groups in total. The van der Waals surface area contributed by atoms with Crippen LogP contribution in [-0.4, -0.2) is 28.4 Å². The molecule has 0 aliphatic heterocycles. The van der Waals surface area contributed by atoms with Crippen LogP contribution in [0, 0.1) is 6.07 Å². The van der Waals surface area contributed by atoms with Crippen molar-refractivity contribution in [2.24, 2.45) is 0 Å². The molecule has 0 aliphatic carbocycles. The summed E-state index contributed by atoms with van der Waals surface area (Å²) in [6.07, 6.45) is 4.68. The Bertz CT molecular complexity index is 389. The van der Waals surface area contributed by atoms with E-state index in [2.05, 4.69) is 47.3 Å². The van der Waals surface area contributed by atoms with Gasteiger partial charge in [-0.1, -0.05) is 58.4 Å². The summed E-state index contributed by atoms with van der Waals surface area (Å²) >= 11 is 3.13. The fraction of sp³-hybridized carbons (Fsp3) is 0.111. The molecule has 108 valence electrons. The second-order valence-corrected chi connectivity index (χ2v) is 4.15. The molecule has 2 aromatic rings. The van der Waals surface area contributed by atoms with Crippen LogP contribution in [0.3, 0.4) is 0 Å². The number of alkyl halides is 1. The predicted molar refractivity (Wildman–Crippen MR) is 95.4 cm³/mol. The quantitative estimate of drug-likeness (QED) is 0.309. The maximum absolute atomic E-state index is 3.66. The zero-order valence-corrected chi connectivity index (χ0v) is 16.8. The Balaban J connectivity index is -0.000000239. The van der Waals surface area contributed by atoms with Gasteiger partial charge in [0.05, 0.1) is 0 Å². The van der Waals surface area contributed by atoms with Gasteiger partial charge in [0.25, 0.3) is 0 Å². The van der Waals surface area contributed by atoms with Crippen LogP contribution >= 0.6 is 15.9 Å². The molecule has 0 spiro atoms. The Morgan fingerprint density at radius 2 is 1.38 bits per heavy atom. The maximum Gasteiger partial charge on any atom is 2.00 e. The molecule has 2 rings (SSSR count). The average molecular weight is 420 g/mol. The van der Waals surface area contributed by atoms with Gasteiger partial charge in [0.1, 0.15) is 0 Å². The second-order valence-electron chi connectivity index (χ2n) is 3.50. The molecule has 0 amide bonds. The first-order valence-electron chi connectivity index (χ1n) is 6.08. The monoisotopic (exact) mass is 418 g/mol. The fourth-order valence-corrected chi connectivity index (χ4v) is 1.12. The summed E-state index contributed by atoms with van der Waals surface area (Å²) in [6, 6.07) is 22.8. The van der Waals surface area contributed by atoms with E-state index in [0.717, 1.165) is 11.8 Å². The molecule has 0 nitrogen and oxygen atoms in total. The molecule has 0 fully saturated rings. The van der Waals surface area contributed by atoms with Gasteiger partial charge in [0.15, 0.2) is 0 Å². The van der Waals surface area contributed by atoms with Crippen LogP contribution in [0.1, 0.15) is 5.56 Å². The van der Waals surface area contributed by atoms with Gasteiger partial charge in [-0.25, -0.2) is 0 Å². The molecular weight excluding hydrogens is 400 g/mol. The first-order chi connectivity index (χ1) is 9.35. The van der Waals surface area contributed by atoms with Crippen molar-refractivity contribution >= 4 is 39.0 Å². The van der Waals surface area contributed by atoms with Crippen molar-refractivity contribution in [3.05, 3.63) is 97.6 Å². The van der Waals surface area contributed by atoms with E-state index in [1.807, 2.05) is 54.6 Å². The zero-order chi connectivity index (χ0) is 14.2. The van der Waals surface area contributed by atoms with Crippen molar-refractivity contribution in [1.82, 2.24) is 0 Å². The first-order valence-corrected chi connectivity index (χ1v) is 7.20. The molecule has 0 saturated carbocycles. The topological polar surface area (TPSA) is 0 Å². The molecule has 0 heterocycles. The van der Waals surface area contributed by atoms with Crippen molar-refractivity contribution in [1.29, 1.82) is 0 Å². The van der Waals surface area contributed by atoms with Gasteiger partial charge in [-0.05, 0) is 12.0 Å². The van der Waals surface area contributed by atoms with Crippen molar-refractivity contribution in [2.75, 3.05) is 5.33 Å². The maximum atomic E-state index is 3.66. The molecule has 0 unspecified atom stereocenters. The van der Waals surface area contributed by atoms with Crippen molar-refractivity contribution in [3.63, 3.8) is 0 Å². The minimum atomic E-state index is 0. The number of rotatable bonds is 3. The van der Waals surface area contributed by atoms with E-state index in [4.69, 9.17) is 0 Å². The van der Waals surface area contributed by atoms with Crippen LogP contribution in [0.2, 0.25) is 0 Å².